The zero-order valence-electron chi connectivity index (χ0n) is 11.9. The maximum Gasteiger partial charge on any atom is 0.308 e. The Bertz CT molecular complexity index is 424. The number of carbonyl (C=O) groups is 1. The van der Waals surface area contributed by atoms with Crippen LogP contribution in [-0.2, 0) is 19.7 Å². The second-order valence-electron chi connectivity index (χ2n) is 5.21. The van der Waals surface area contributed by atoms with Crippen molar-refractivity contribution in [3.8, 4) is 0 Å². The smallest absolute Gasteiger partial charge is 0.308 e. The normalized spacial score (nSPS) is 24.2. The molecule has 2 fully saturated rings. The fourth-order valence-electron chi connectivity index (χ4n) is 2.70. The molecule has 0 unspecified atom stereocenters. The van der Waals surface area contributed by atoms with Gasteiger partial charge in [0.2, 0.25) is 0 Å². The Balaban J connectivity index is 1.96. The second kappa shape index (κ2) is 6.84. The molecule has 0 spiro atoms. The predicted molar refractivity (Wildman–Crippen MR) is 74.3 cm³/mol. The van der Waals surface area contributed by atoms with Gasteiger partial charge in [0.05, 0.1) is 13.0 Å². The summed E-state index contributed by atoms with van der Waals surface area (Å²) >= 11 is 0. The lowest BCUT2D eigenvalue weighted by molar-refractivity contribution is -0.146. The van der Waals surface area contributed by atoms with Gasteiger partial charge in [-0.2, -0.15) is 17.0 Å². The van der Waals surface area contributed by atoms with E-state index in [1.165, 1.54) is 11.4 Å². The molecule has 2 heterocycles. The second-order valence-corrected chi connectivity index (χ2v) is 7.14. The lowest BCUT2D eigenvalue weighted by Gasteiger charge is -2.33. The summed E-state index contributed by atoms with van der Waals surface area (Å²) in [5, 5.41) is 3.20. The first-order valence-electron chi connectivity index (χ1n) is 7.09. The van der Waals surface area contributed by atoms with Crippen molar-refractivity contribution in [2.75, 3.05) is 46.4 Å². The zero-order valence-corrected chi connectivity index (χ0v) is 12.7. The molecule has 2 rings (SSSR count). The van der Waals surface area contributed by atoms with Crippen LogP contribution in [0.3, 0.4) is 0 Å². The van der Waals surface area contributed by atoms with E-state index in [4.69, 9.17) is 4.74 Å². The van der Waals surface area contributed by atoms with E-state index in [1.807, 2.05) is 0 Å². The van der Waals surface area contributed by atoms with Gasteiger partial charge in [0.15, 0.2) is 0 Å². The van der Waals surface area contributed by atoms with E-state index >= 15 is 0 Å². The van der Waals surface area contributed by atoms with Gasteiger partial charge in [0.25, 0.3) is 10.2 Å². The van der Waals surface area contributed by atoms with E-state index in [1.54, 1.807) is 4.31 Å². The molecule has 7 nitrogen and oxygen atoms in total. The molecular formula is C12H23N3O4S. The molecule has 0 aromatic carbocycles. The number of carbonyl (C=O) groups excluding carboxylic acids is 1. The molecule has 116 valence electrons. The third kappa shape index (κ3) is 3.49. The topological polar surface area (TPSA) is 79.0 Å². The van der Waals surface area contributed by atoms with E-state index in [-0.39, 0.29) is 11.9 Å². The molecule has 0 amide bonds. The minimum absolute atomic E-state index is 0.169. The van der Waals surface area contributed by atoms with Crippen molar-refractivity contribution < 1.29 is 17.9 Å². The summed E-state index contributed by atoms with van der Waals surface area (Å²) in [4.78, 5) is 11.5. The number of ether oxygens (including phenoxy) is 1. The van der Waals surface area contributed by atoms with Crippen molar-refractivity contribution in [2.24, 2.45) is 5.92 Å². The van der Waals surface area contributed by atoms with E-state index in [9.17, 15) is 13.2 Å². The molecule has 2 saturated heterocycles. The van der Waals surface area contributed by atoms with Crippen molar-refractivity contribution in [3.63, 3.8) is 0 Å². The lowest BCUT2D eigenvalue weighted by Crippen LogP contribution is -2.48. The van der Waals surface area contributed by atoms with Gasteiger partial charge in [0.1, 0.15) is 0 Å². The van der Waals surface area contributed by atoms with Crippen LogP contribution in [0.15, 0.2) is 0 Å². The van der Waals surface area contributed by atoms with Gasteiger partial charge < -0.3 is 10.1 Å². The van der Waals surface area contributed by atoms with Crippen molar-refractivity contribution in [1.29, 1.82) is 0 Å². The number of hydrogen-bond donors (Lipinski definition) is 1. The van der Waals surface area contributed by atoms with Crippen LogP contribution in [0.1, 0.15) is 19.3 Å². The van der Waals surface area contributed by atoms with Gasteiger partial charge in [-0.3, -0.25) is 4.79 Å². The number of rotatable bonds is 3. The molecule has 20 heavy (non-hydrogen) atoms. The van der Waals surface area contributed by atoms with E-state index in [0.29, 0.717) is 45.6 Å². The number of piperidine rings is 1. The van der Waals surface area contributed by atoms with Crippen LogP contribution in [0, 0.1) is 5.92 Å². The Hall–Kier alpha value is -0.700. The lowest BCUT2D eigenvalue weighted by atomic mass is 9.99. The molecule has 2 aliphatic heterocycles. The van der Waals surface area contributed by atoms with Crippen molar-refractivity contribution in [1.82, 2.24) is 13.9 Å². The Morgan fingerprint density at radius 3 is 2.40 bits per heavy atom. The molecule has 0 bridgehead atoms. The molecule has 0 saturated carbocycles. The van der Waals surface area contributed by atoms with Crippen molar-refractivity contribution in [2.45, 2.75) is 19.3 Å². The zero-order chi connectivity index (χ0) is 14.6. The van der Waals surface area contributed by atoms with Gasteiger partial charge in [-0.15, -0.1) is 0 Å². The standard InChI is InChI=1S/C12H23N3O4S/c1-19-12(16)11-3-8-15(9-4-11)20(17,18)14-7-2-5-13-6-10-14/h11,13H,2-10H2,1H3. The highest BCUT2D eigenvalue weighted by Gasteiger charge is 2.35. The molecule has 0 aromatic rings. The Morgan fingerprint density at radius 2 is 1.75 bits per heavy atom. The molecule has 0 atom stereocenters. The highest BCUT2D eigenvalue weighted by atomic mass is 32.2. The number of nitrogens with zero attached hydrogens (tertiary/aromatic N) is 2. The molecular weight excluding hydrogens is 282 g/mol. The van der Waals surface area contributed by atoms with E-state index in [2.05, 4.69) is 5.32 Å². The van der Waals surface area contributed by atoms with Crippen LogP contribution in [0.25, 0.3) is 0 Å². The summed E-state index contributed by atoms with van der Waals surface area (Å²) in [5.74, 6) is -0.404. The summed E-state index contributed by atoms with van der Waals surface area (Å²) in [5.41, 5.74) is 0. The number of esters is 1. The van der Waals surface area contributed by atoms with Crippen LogP contribution in [0.2, 0.25) is 0 Å². The fourth-order valence-corrected chi connectivity index (χ4v) is 4.38. The van der Waals surface area contributed by atoms with Gasteiger partial charge >= 0.3 is 5.97 Å². The van der Waals surface area contributed by atoms with Gasteiger partial charge in [-0.25, -0.2) is 0 Å². The summed E-state index contributed by atoms with van der Waals surface area (Å²) in [7, 11) is -2.02. The fraction of sp³-hybridized carbons (Fsp3) is 0.917. The van der Waals surface area contributed by atoms with Crippen LogP contribution in [0.5, 0.6) is 0 Å². The maximum absolute atomic E-state index is 12.5. The first-order chi connectivity index (χ1) is 9.55. The monoisotopic (exact) mass is 305 g/mol. The SMILES string of the molecule is COC(=O)C1CCN(S(=O)(=O)N2CCCNCC2)CC1. The van der Waals surface area contributed by atoms with E-state index in [0.717, 1.165) is 13.0 Å². The Labute approximate surface area is 120 Å². The number of nitrogens with one attached hydrogen (secondary N) is 1. The molecule has 0 radical (unpaired) electrons. The first-order valence-corrected chi connectivity index (χ1v) is 8.49. The van der Waals surface area contributed by atoms with Crippen molar-refractivity contribution in [3.05, 3.63) is 0 Å². The minimum Gasteiger partial charge on any atom is -0.469 e. The summed E-state index contributed by atoms with van der Waals surface area (Å²) in [6.45, 7) is 3.41. The first kappa shape index (κ1) is 15.7. The summed E-state index contributed by atoms with van der Waals surface area (Å²) in [6.07, 6.45) is 1.91. The van der Waals surface area contributed by atoms with E-state index < -0.39 is 10.2 Å². The molecule has 2 aliphatic rings. The minimum atomic E-state index is -3.39. The average molecular weight is 305 g/mol. The number of hydrogen-bond acceptors (Lipinski definition) is 5. The largest absolute Gasteiger partial charge is 0.469 e. The Morgan fingerprint density at radius 1 is 1.10 bits per heavy atom. The van der Waals surface area contributed by atoms with Gasteiger partial charge in [0, 0.05) is 32.7 Å². The van der Waals surface area contributed by atoms with Gasteiger partial charge in [-0.05, 0) is 25.8 Å². The quantitative estimate of drug-likeness (QED) is 0.705. The van der Waals surface area contributed by atoms with Crippen LogP contribution in [-0.4, -0.2) is 69.4 Å². The summed E-state index contributed by atoms with van der Waals surface area (Å²) in [6, 6.07) is 0. The van der Waals surface area contributed by atoms with Gasteiger partial charge in [-0.1, -0.05) is 0 Å². The number of methoxy groups -OCH3 is 1. The van der Waals surface area contributed by atoms with Crippen molar-refractivity contribution >= 4 is 16.2 Å². The van der Waals surface area contributed by atoms with Crippen LogP contribution < -0.4 is 5.32 Å². The Kier molecular flexibility index (Phi) is 5.36. The summed E-state index contributed by atoms with van der Waals surface area (Å²) < 4.78 is 32.9. The molecule has 8 heteroatoms. The third-order valence-electron chi connectivity index (χ3n) is 3.94. The highest BCUT2D eigenvalue weighted by Crippen LogP contribution is 2.22. The average Bonchev–Trinajstić information content (AvgIpc) is 2.76. The van der Waals surface area contributed by atoms with Crippen LogP contribution >= 0.6 is 0 Å². The van der Waals surface area contributed by atoms with Crippen LogP contribution in [0.4, 0.5) is 0 Å². The molecule has 0 aromatic heterocycles. The predicted octanol–water partition coefficient (Wildman–Crippen LogP) is -0.588. The third-order valence-corrected chi connectivity index (χ3v) is 5.98. The molecule has 0 aliphatic carbocycles. The maximum atomic E-state index is 12.5. The molecule has 1 N–H and O–H groups in total. The highest BCUT2D eigenvalue weighted by molar-refractivity contribution is 7.86.